The van der Waals surface area contributed by atoms with Crippen molar-refractivity contribution in [2.24, 2.45) is 5.92 Å². The molecule has 1 aromatic rings. The quantitative estimate of drug-likeness (QED) is 0.860. The smallest absolute Gasteiger partial charge is 0.224 e. The molecule has 1 aromatic carbocycles. The summed E-state index contributed by atoms with van der Waals surface area (Å²) in [7, 11) is 2.04. The van der Waals surface area contributed by atoms with E-state index in [0.29, 0.717) is 18.4 Å². The fraction of sp³-hybridized carbons (Fsp3) is 0.588. The third-order valence-corrected chi connectivity index (χ3v) is 4.44. The van der Waals surface area contributed by atoms with Gasteiger partial charge in [0.05, 0.1) is 0 Å². The Morgan fingerprint density at radius 1 is 1.25 bits per heavy atom. The predicted octanol–water partition coefficient (Wildman–Crippen LogP) is 3.66. The van der Waals surface area contributed by atoms with Crippen molar-refractivity contribution in [1.82, 2.24) is 5.32 Å². The minimum atomic E-state index is 0.140. The third kappa shape index (κ3) is 3.21. The van der Waals surface area contributed by atoms with E-state index in [0.717, 1.165) is 18.5 Å². The summed E-state index contributed by atoms with van der Waals surface area (Å²) in [5.41, 5.74) is 3.62. The maximum Gasteiger partial charge on any atom is 0.224 e. The topological polar surface area (TPSA) is 41.1 Å². The summed E-state index contributed by atoms with van der Waals surface area (Å²) in [6.07, 6.45) is 4.91. The number of benzene rings is 1. The SMILES string of the molecule is CCC(CC)C(NC)c1ccc2c(c1)CCCC(=O)N2. The Morgan fingerprint density at radius 3 is 2.65 bits per heavy atom. The lowest BCUT2D eigenvalue weighted by atomic mass is 9.87. The van der Waals surface area contributed by atoms with Crippen molar-refractivity contribution in [2.75, 3.05) is 12.4 Å². The van der Waals surface area contributed by atoms with E-state index < -0.39 is 0 Å². The lowest BCUT2D eigenvalue weighted by molar-refractivity contribution is -0.116. The Morgan fingerprint density at radius 2 is 2.00 bits per heavy atom. The average molecular weight is 274 g/mol. The van der Waals surface area contributed by atoms with Gasteiger partial charge in [-0.3, -0.25) is 4.79 Å². The van der Waals surface area contributed by atoms with Crippen LogP contribution in [0.3, 0.4) is 0 Å². The van der Waals surface area contributed by atoms with Crippen LogP contribution in [-0.2, 0) is 11.2 Å². The summed E-state index contributed by atoms with van der Waals surface area (Å²) >= 11 is 0. The molecule has 2 N–H and O–H groups in total. The van der Waals surface area contributed by atoms with Gasteiger partial charge in [0.15, 0.2) is 0 Å². The molecule has 1 aliphatic rings. The van der Waals surface area contributed by atoms with Gasteiger partial charge in [-0.2, -0.15) is 0 Å². The Hall–Kier alpha value is -1.35. The molecule has 0 saturated heterocycles. The molecule has 0 radical (unpaired) electrons. The fourth-order valence-electron chi connectivity index (χ4n) is 3.22. The molecule has 20 heavy (non-hydrogen) atoms. The number of carbonyl (C=O) groups excluding carboxylic acids is 1. The Labute approximate surface area is 122 Å². The second kappa shape index (κ2) is 6.89. The zero-order chi connectivity index (χ0) is 14.5. The number of fused-ring (bicyclic) bond motifs is 1. The van der Waals surface area contributed by atoms with Crippen molar-refractivity contribution in [3.63, 3.8) is 0 Å². The Kier molecular flexibility index (Phi) is 5.18. The first-order valence-electron chi connectivity index (χ1n) is 7.79. The Bertz CT molecular complexity index is 466. The lowest BCUT2D eigenvalue weighted by Gasteiger charge is -2.26. The van der Waals surface area contributed by atoms with E-state index in [9.17, 15) is 4.79 Å². The first-order valence-corrected chi connectivity index (χ1v) is 7.79. The molecule has 0 saturated carbocycles. The molecule has 0 fully saturated rings. The van der Waals surface area contributed by atoms with E-state index in [1.54, 1.807) is 0 Å². The molecule has 0 spiro atoms. The predicted molar refractivity (Wildman–Crippen MR) is 83.9 cm³/mol. The van der Waals surface area contributed by atoms with Crippen LogP contribution in [0.25, 0.3) is 0 Å². The molecule has 1 amide bonds. The van der Waals surface area contributed by atoms with Gasteiger partial charge in [0.25, 0.3) is 0 Å². The molecule has 1 unspecified atom stereocenters. The maximum absolute atomic E-state index is 11.6. The van der Waals surface area contributed by atoms with Gasteiger partial charge in [-0.25, -0.2) is 0 Å². The molecule has 2 rings (SSSR count). The van der Waals surface area contributed by atoms with Crippen LogP contribution in [0.1, 0.15) is 56.7 Å². The van der Waals surface area contributed by atoms with Crippen LogP contribution >= 0.6 is 0 Å². The van der Waals surface area contributed by atoms with Crippen LogP contribution in [0.4, 0.5) is 5.69 Å². The fourth-order valence-corrected chi connectivity index (χ4v) is 3.22. The van der Waals surface area contributed by atoms with Gasteiger partial charge in [0.2, 0.25) is 5.91 Å². The van der Waals surface area contributed by atoms with Crippen molar-refractivity contribution >= 4 is 11.6 Å². The van der Waals surface area contributed by atoms with Gasteiger partial charge in [-0.1, -0.05) is 38.8 Å². The second-order valence-electron chi connectivity index (χ2n) is 5.66. The van der Waals surface area contributed by atoms with Gasteiger partial charge in [0, 0.05) is 18.2 Å². The largest absolute Gasteiger partial charge is 0.326 e. The van der Waals surface area contributed by atoms with Gasteiger partial charge in [-0.15, -0.1) is 0 Å². The molecular weight excluding hydrogens is 248 g/mol. The molecule has 0 aromatic heterocycles. The lowest BCUT2D eigenvalue weighted by Crippen LogP contribution is -2.24. The second-order valence-corrected chi connectivity index (χ2v) is 5.66. The first kappa shape index (κ1) is 15.0. The van der Waals surface area contributed by atoms with Crippen molar-refractivity contribution < 1.29 is 4.79 Å². The monoisotopic (exact) mass is 274 g/mol. The number of aryl methyl sites for hydroxylation is 1. The Balaban J connectivity index is 2.29. The van der Waals surface area contributed by atoms with E-state index in [1.807, 2.05) is 7.05 Å². The number of hydrogen-bond acceptors (Lipinski definition) is 2. The molecular formula is C17H26N2O. The van der Waals surface area contributed by atoms with E-state index in [-0.39, 0.29) is 5.91 Å². The van der Waals surface area contributed by atoms with Crippen LogP contribution in [0.5, 0.6) is 0 Å². The molecule has 0 bridgehead atoms. The zero-order valence-electron chi connectivity index (χ0n) is 12.8. The molecule has 1 atom stereocenters. The molecule has 3 heteroatoms. The highest BCUT2D eigenvalue weighted by Crippen LogP contribution is 2.31. The van der Waals surface area contributed by atoms with Crippen molar-refractivity contribution in [1.29, 1.82) is 0 Å². The maximum atomic E-state index is 11.6. The number of hydrogen-bond donors (Lipinski definition) is 2. The molecule has 1 heterocycles. The van der Waals surface area contributed by atoms with Crippen LogP contribution in [0.2, 0.25) is 0 Å². The summed E-state index contributed by atoms with van der Waals surface area (Å²) < 4.78 is 0. The highest BCUT2D eigenvalue weighted by atomic mass is 16.1. The molecule has 0 aliphatic carbocycles. The van der Waals surface area contributed by atoms with Crippen molar-refractivity contribution in [2.45, 2.75) is 52.0 Å². The number of carbonyl (C=O) groups is 1. The summed E-state index contributed by atoms with van der Waals surface area (Å²) in [6, 6.07) is 6.90. The minimum absolute atomic E-state index is 0.140. The molecule has 3 nitrogen and oxygen atoms in total. The number of nitrogens with one attached hydrogen (secondary N) is 2. The first-order chi connectivity index (χ1) is 9.69. The number of rotatable bonds is 5. The van der Waals surface area contributed by atoms with Crippen molar-refractivity contribution in [3.8, 4) is 0 Å². The minimum Gasteiger partial charge on any atom is -0.326 e. The molecule has 110 valence electrons. The van der Waals surface area contributed by atoms with E-state index in [1.165, 1.54) is 24.0 Å². The van der Waals surface area contributed by atoms with Gasteiger partial charge in [0.1, 0.15) is 0 Å². The summed E-state index contributed by atoms with van der Waals surface area (Å²) in [6.45, 7) is 4.50. The van der Waals surface area contributed by atoms with E-state index >= 15 is 0 Å². The number of amides is 1. The summed E-state index contributed by atoms with van der Waals surface area (Å²) in [4.78, 5) is 11.6. The van der Waals surface area contributed by atoms with Crippen LogP contribution in [0.15, 0.2) is 18.2 Å². The normalized spacial score (nSPS) is 16.5. The van der Waals surface area contributed by atoms with Gasteiger partial charge in [-0.05, 0) is 43.0 Å². The van der Waals surface area contributed by atoms with E-state index in [2.05, 4.69) is 42.7 Å². The number of anilines is 1. The summed E-state index contributed by atoms with van der Waals surface area (Å²) in [5.74, 6) is 0.792. The van der Waals surface area contributed by atoms with E-state index in [4.69, 9.17) is 0 Å². The average Bonchev–Trinajstić information content (AvgIpc) is 2.64. The van der Waals surface area contributed by atoms with Crippen LogP contribution < -0.4 is 10.6 Å². The van der Waals surface area contributed by atoms with Gasteiger partial charge >= 0.3 is 0 Å². The summed E-state index contributed by atoms with van der Waals surface area (Å²) in [5, 5.41) is 6.47. The van der Waals surface area contributed by atoms with Crippen LogP contribution in [-0.4, -0.2) is 13.0 Å². The third-order valence-electron chi connectivity index (χ3n) is 4.44. The molecule has 1 aliphatic heterocycles. The highest BCUT2D eigenvalue weighted by Gasteiger charge is 2.20. The van der Waals surface area contributed by atoms with Crippen molar-refractivity contribution in [3.05, 3.63) is 29.3 Å². The zero-order valence-corrected chi connectivity index (χ0v) is 12.8. The highest BCUT2D eigenvalue weighted by molar-refractivity contribution is 5.92. The van der Waals surface area contributed by atoms with Gasteiger partial charge < -0.3 is 10.6 Å². The van der Waals surface area contributed by atoms with Crippen LogP contribution in [0, 0.1) is 5.92 Å². The standard InChI is InChI=1S/C17H26N2O/c1-4-12(5-2)17(18-3)14-9-10-15-13(11-14)7-6-8-16(20)19-15/h9-12,17-18H,4-8H2,1-3H3,(H,19,20).